The first-order valence-electron chi connectivity index (χ1n) is 10.5. The number of nitrogens with one attached hydrogen (secondary N) is 1. The first-order valence-corrected chi connectivity index (χ1v) is 10.5. The van der Waals surface area contributed by atoms with Gasteiger partial charge in [-0.3, -0.25) is 9.98 Å². The Kier molecular flexibility index (Phi) is 7.80. The molecule has 3 rings (SSSR count). The van der Waals surface area contributed by atoms with Gasteiger partial charge in [0.15, 0.2) is 0 Å². The zero-order valence-corrected chi connectivity index (χ0v) is 18.1. The van der Waals surface area contributed by atoms with Crippen LogP contribution in [0.25, 0.3) is 11.3 Å². The zero-order valence-electron chi connectivity index (χ0n) is 18.1. The molecule has 1 fully saturated rings. The van der Waals surface area contributed by atoms with Gasteiger partial charge < -0.3 is 14.8 Å². The molecule has 30 heavy (non-hydrogen) atoms. The van der Waals surface area contributed by atoms with Crippen LogP contribution in [0.4, 0.5) is 0 Å². The highest BCUT2D eigenvalue weighted by atomic mass is 16.5. The van der Waals surface area contributed by atoms with Crippen molar-refractivity contribution in [3.8, 4) is 11.5 Å². The number of allylic oxidation sites excluding steroid dienone is 2. The van der Waals surface area contributed by atoms with Crippen LogP contribution < -0.4 is 10.1 Å². The molecule has 1 saturated heterocycles. The summed E-state index contributed by atoms with van der Waals surface area (Å²) >= 11 is 0. The van der Waals surface area contributed by atoms with Crippen LogP contribution in [-0.4, -0.2) is 38.0 Å². The van der Waals surface area contributed by atoms with Crippen molar-refractivity contribution in [2.75, 3.05) is 26.8 Å². The van der Waals surface area contributed by atoms with Crippen molar-refractivity contribution >= 4 is 17.5 Å². The third-order valence-corrected chi connectivity index (χ3v) is 5.39. The van der Waals surface area contributed by atoms with E-state index < -0.39 is 0 Å². The summed E-state index contributed by atoms with van der Waals surface area (Å²) in [5.74, 6) is 2.19. The number of hydrogen-bond donors (Lipinski definition) is 1. The van der Waals surface area contributed by atoms with E-state index in [0.29, 0.717) is 5.92 Å². The van der Waals surface area contributed by atoms with Crippen molar-refractivity contribution < 1.29 is 9.47 Å². The van der Waals surface area contributed by atoms with Gasteiger partial charge in [0.25, 0.3) is 0 Å². The van der Waals surface area contributed by atoms with E-state index in [0.717, 1.165) is 72.2 Å². The summed E-state index contributed by atoms with van der Waals surface area (Å²) in [6.45, 7) is 10.9. The molecular weight excluding hydrogens is 374 g/mol. The first-order chi connectivity index (χ1) is 14.6. The summed E-state index contributed by atoms with van der Waals surface area (Å²) in [5.41, 5.74) is 4.84. The Morgan fingerprint density at radius 1 is 1.33 bits per heavy atom. The molecule has 5 heteroatoms. The van der Waals surface area contributed by atoms with Gasteiger partial charge in [-0.2, -0.15) is 0 Å². The van der Waals surface area contributed by atoms with Gasteiger partial charge in [-0.15, -0.1) is 0 Å². The molecule has 0 unspecified atom stereocenters. The predicted molar refractivity (Wildman–Crippen MR) is 124 cm³/mol. The summed E-state index contributed by atoms with van der Waals surface area (Å²) in [6.07, 6.45) is 7.74. The van der Waals surface area contributed by atoms with E-state index >= 15 is 0 Å². The second-order valence-corrected chi connectivity index (χ2v) is 7.45. The number of ether oxygens (including phenoxy) is 2. The molecule has 0 aliphatic carbocycles. The molecule has 0 saturated carbocycles. The number of rotatable bonds is 8. The van der Waals surface area contributed by atoms with Gasteiger partial charge in [-0.1, -0.05) is 24.8 Å². The Morgan fingerprint density at radius 3 is 2.87 bits per heavy atom. The van der Waals surface area contributed by atoms with Crippen LogP contribution in [0.5, 0.6) is 11.5 Å². The van der Waals surface area contributed by atoms with Gasteiger partial charge in [0.05, 0.1) is 5.69 Å². The summed E-state index contributed by atoms with van der Waals surface area (Å²) < 4.78 is 11.7. The Labute approximate surface area is 179 Å². The molecule has 0 bridgehead atoms. The van der Waals surface area contributed by atoms with E-state index in [2.05, 4.69) is 34.9 Å². The number of hydrogen-bond acceptors (Lipinski definition) is 5. The molecule has 158 valence electrons. The van der Waals surface area contributed by atoms with Crippen molar-refractivity contribution in [2.45, 2.75) is 26.7 Å². The molecule has 0 radical (unpaired) electrons. The van der Waals surface area contributed by atoms with Crippen LogP contribution in [0.3, 0.4) is 0 Å². The highest BCUT2D eigenvalue weighted by Gasteiger charge is 2.15. The molecule has 2 aromatic rings. The van der Waals surface area contributed by atoms with E-state index in [4.69, 9.17) is 9.47 Å². The summed E-state index contributed by atoms with van der Waals surface area (Å²) in [5, 5.41) is 3.51. The molecule has 1 aromatic heterocycles. The summed E-state index contributed by atoms with van der Waals surface area (Å²) in [7, 11) is 1.75. The topological polar surface area (TPSA) is 55.7 Å². The molecule has 0 atom stereocenters. The van der Waals surface area contributed by atoms with Gasteiger partial charge in [-0.05, 0) is 44.7 Å². The van der Waals surface area contributed by atoms with Crippen LogP contribution in [0, 0.1) is 12.8 Å². The molecular formula is C25H31N3O2. The van der Waals surface area contributed by atoms with E-state index in [1.165, 1.54) is 0 Å². The second kappa shape index (κ2) is 10.7. The van der Waals surface area contributed by atoms with E-state index in [1.807, 2.05) is 37.3 Å². The number of benzene rings is 1. The quantitative estimate of drug-likeness (QED) is 0.608. The average Bonchev–Trinajstić information content (AvgIpc) is 2.78. The fourth-order valence-electron chi connectivity index (χ4n) is 3.55. The normalized spacial score (nSPS) is 15.4. The molecule has 0 spiro atoms. The van der Waals surface area contributed by atoms with Gasteiger partial charge in [0.1, 0.15) is 11.5 Å². The van der Waals surface area contributed by atoms with Gasteiger partial charge in [0, 0.05) is 67.7 Å². The third-order valence-electron chi connectivity index (χ3n) is 5.39. The lowest BCUT2D eigenvalue weighted by Gasteiger charge is -2.24. The Balaban J connectivity index is 1.72. The van der Waals surface area contributed by atoms with Crippen molar-refractivity contribution in [1.29, 1.82) is 0 Å². The molecule has 1 N–H and O–H groups in total. The highest BCUT2D eigenvalue weighted by molar-refractivity contribution is 6.08. The van der Waals surface area contributed by atoms with Crippen molar-refractivity contribution in [3.05, 3.63) is 66.0 Å². The van der Waals surface area contributed by atoms with Gasteiger partial charge in [0.2, 0.25) is 0 Å². The van der Waals surface area contributed by atoms with Gasteiger partial charge in [-0.25, -0.2) is 0 Å². The lowest BCUT2D eigenvalue weighted by Crippen LogP contribution is -2.26. The Morgan fingerprint density at radius 2 is 2.13 bits per heavy atom. The fraction of sp³-hybridized carbons (Fsp3) is 0.360. The van der Waals surface area contributed by atoms with E-state index in [1.54, 1.807) is 19.5 Å². The Bertz CT molecular complexity index is 928. The molecule has 1 aliphatic heterocycles. The average molecular weight is 406 g/mol. The predicted octanol–water partition coefficient (Wildman–Crippen LogP) is 5.27. The number of aromatic nitrogens is 1. The molecule has 1 aliphatic rings. The molecule has 5 nitrogen and oxygen atoms in total. The second-order valence-electron chi connectivity index (χ2n) is 7.45. The van der Waals surface area contributed by atoms with Crippen LogP contribution in [0.2, 0.25) is 0 Å². The van der Waals surface area contributed by atoms with Crippen LogP contribution in [0.1, 0.15) is 36.6 Å². The lowest BCUT2D eigenvalue weighted by atomic mass is 9.99. The van der Waals surface area contributed by atoms with Crippen LogP contribution in [-0.2, 0) is 4.74 Å². The van der Waals surface area contributed by atoms with Crippen LogP contribution in [0.15, 0.2) is 54.2 Å². The molecule has 0 amide bonds. The largest absolute Gasteiger partial charge is 0.457 e. The minimum absolute atomic E-state index is 0.637. The molecule has 2 heterocycles. The van der Waals surface area contributed by atoms with Crippen LogP contribution >= 0.6 is 0 Å². The number of aliphatic imine (C=N–C) groups is 1. The molecule has 1 aromatic carbocycles. The third kappa shape index (κ3) is 5.57. The maximum Gasteiger partial charge on any atom is 0.131 e. The maximum absolute atomic E-state index is 6.21. The fourth-order valence-corrected chi connectivity index (χ4v) is 3.55. The summed E-state index contributed by atoms with van der Waals surface area (Å²) in [4.78, 5) is 8.53. The highest BCUT2D eigenvalue weighted by Crippen LogP contribution is 2.30. The smallest absolute Gasteiger partial charge is 0.131 e. The van der Waals surface area contributed by atoms with E-state index in [9.17, 15) is 0 Å². The maximum atomic E-state index is 6.21. The lowest BCUT2D eigenvalue weighted by molar-refractivity contribution is 0.0674. The standard InChI is InChI=1S/C25H31N3O2/c1-5-21(17-26-4)24-15-22(9-12-27-24)30-25-8-6-7-23(18(25)2)19(3)28-16-20-10-13-29-14-11-20/h5-9,12,15,17,20,28H,3,10-11,13-14,16H2,1-2,4H3/b21-5+,26-17?. The minimum atomic E-state index is 0.637. The number of nitrogens with zero attached hydrogens (tertiary/aromatic N) is 2. The first kappa shape index (κ1) is 21.8. The number of pyridine rings is 1. The monoisotopic (exact) mass is 405 g/mol. The minimum Gasteiger partial charge on any atom is -0.457 e. The van der Waals surface area contributed by atoms with Crippen molar-refractivity contribution in [1.82, 2.24) is 10.3 Å². The van der Waals surface area contributed by atoms with Gasteiger partial charge >= 0.3 is 0 Å². The van der Waals surface area contributed by atoms with E-state index in [-0.39, 0.29) is 0 Å². The van der Waals surface area contributed by atoms with Crippen molar-refractivity contribution in [2.24, 2.45) is 10.9 Å². The Hall–Kier alpha value is -2.92. The summed E-state index contributed by atoms with van der Waals surface area (Å²) in [6, 6.07) is 9.86. The zero-order chi connectivity index (χ0) is 21.3. The van der Waals surface area contributed by atoms with Crippen molar-refractivity contribution in [3.63, 3.8) is 0 Å². The SMILES string of the molecule is C=C(NCC1CCOCC1)c1cccc(Oc2ccnc(/C(C=NC)=C/C)c2)c1C.